The summed E-state index contributed by atoms with van der Waals surface area (Å²) in [5.74, 6) is 0. The Balaban J connectivity index is 1.71. The van der Waals surface area contributed by atoms with Crippen LogP contribution in [0, 0.1) is 0 Å². The van der Waals surface area contributed by atoms with Crippen LogP contribution in [0.1, 0.15) is 31.4 Å². The van der Waals surface area contributed by atoms with Crippen molar-refractivity contribution in [3.05, 3.63) is 64.7 Å². The van der Waals surface area contributed by atoms with E-state index in [0.29, 0.717) is 0 Å². The molecular formula is C21H29ClN2. The molecule has 0 saturated carbocycles. The highest BCUT2D eigenvalue weighted by Crippen LogP contribution is 2.14. The molecule has 24 heavy (non-hydrogen) atoms. The van der Waals surface area contributed by atoms with Crippen molar-refractivity contribution in [2.45, 2.75) is 33.1 Å². The summed E-state index contributed by atoms with van der Waals surface area (Å²) in [6, 6.07) is 17.0. The van der Waals surface area contributed by atoms with Crippen molar-refractivity contribution in [1.82, 2.24) is 4.90 Å². The van der Waals surface area contributed by atoms with E-state index in [1.165, 1.54) is 29.8 Å². The van der Waals surface area contributed by atoms with Crippen LogP contribution in [0.2, 0.25) is 5.02 Å². The first-order chi connectivity index (χ1) is 11.7. The van der Waals surface area contributed by atoms with Gasteiger partial charge < -0.3 is 10.2 Å². The van der Waals surface area contributed by atoms with E-state index in [1.54, 1.807) is 0 Å². The SMILES string of the molecule is CCN(CC)CCCNc1ccc(CCc2ccc(Cl)cc2)cc1. The zero-order valence-corrected chi connectivity index (χ0v) is 15.6. The molecule has 0 aliphatic carbocycles. The number of nitrogens with one attached hydrogen (secondary N) is 1. The number of hydrogen-bond donors (Lipinski definition) is 1. The van der Waals surface area contributed by atoms with Crippen LogP contribution in [0.15, 0.2) is 48.5 Å². The van der Waals surface area contributed by atoms with E-state index in [2.05, 4.69) is 60.5 Å². The monoisotopic (exact) mass is 344 g/mol. The Morgan fingerprint density at radius 3 is 1.92 bits per heavy atom. The fourth-order valence-electron chi connectivity index (χ4n) is 2.80. The maximum atomic E-state index is 5.92. The molecule has 0 heterocycles. The molecule has 0 amide bonds. The topological polar surface area (TPSA) is 15.3 Å². The van der Waals surface area contributed by atoms with Gasteiger partial charge in [0.25, 0.3) is 0 Å². The number of rotatable bonds is 10. The summed E-state index contributed by atoms with van der Waals surface area (Å²) in [4.78, 5) is 2.46. The molecule has 0 atom stereocenters. The number of halogens is 1. The third kappa shape index (κ3) is 6.54. The molecule has 0 aliphatic rings. The minimum absolute atomic E-state index is 0.801. The Labute approximate surface area is 151 Å². The van der Waals surface area contributed by atoms with Crippen LogP contribution in [0.25, 0.3) is 0 Å². The van der Waals surface area contributed by atoms with Crippen LogP contribution in [0.4, 0.5) is 5.69 Å². The third-order valence-electron chi connectivity index (χ3n) is 4.44. The molecule has 0 unspecified atom stereocenters. The maximum Gasteiger partial charge on any atom is 0.0406 e. The van der Waals surface area contributed by atoms with E-state index < -0.39 is 0 Å². The van der Waals surface area contributed by atoms with Gasteiger partial charge in [-0.05, 0) is 74.3 Å². The van der Waals surface area contributed by atoms with E-state index >= 15 is 0 Å². The first-order valence-corrected chi connectivity index (χ1v) is 9.38. The normalized spacial score (nSPS) is 11.0. The average molecular weight is 345 g/mol. The van der Waals surface area contributed by atoms with Gasteiger partial charge >= 0.3 is 0 Å². The molecule has 2 nitrogen and oxygen atoms in total. The Morgan fingerprint density at radius 1 is 0.833 bits per heavy atom. The van der Waals surface area contributed by atoms with Crippen LogP contribution in [-0.2, 0) is 12.8 Å². The van der Waals surface area contributed by atoms with E-state index in [4.69, 9.17) is 11.6 Å². The summed E-state index contributed by atoms with van der Waals surface area (Å²) in [7, 11) is 0. The van der Waals surface area contributed by atoms with Crippen LogP contribution >= 0.6 is 11.6 Å². The zero-order valence-electron chi connectivity index (χ0n) is 14.9. The van der Waals surface area contributed by atoms with E-state index in [-0.39, 0.29) is 0 Å². The van der Waals surface area contributed by atoms with Crippen molar-refractivity contribution < 1.29 is 0 Å². The summed E-state index contributed by atoms with van der Waals surface area (Å²) in [6.45, 7) is 8.91. The maximum absolute atomic E-state index is 5.92. The summed E-state index contributed by atoms with van der Waals surface area (Å²) in [5, 5.41) is 4.32. The Hall–Kier alpha value is -1.51. The quantitative estimate of drug-likeness (QED) is 0.591. The Bertz CT molecular complexity index is 574. The minimum atomic E-state index is 0.801. The van der Waals surface area contributed by atoms with Crippen molar-refractivity contribution in [2.24, 2.45) is 0 Å². The molecule has 0 fully saturated rings. The molecule has 0 spiro atoms. The molecule has 130 valence electrons. The first kappa shape index (κ1) is 18.8. The fraction of sp³-hybridized carbons (Fsp3) is 0.429. The van der Waals surface area contributed by atoms with Gasteiger partial charge in [0.05, 0.1) is 0 Å². The Morgan fingerprint density at radius 2 is 1.38 bits per heavy atom. The van der Waals surface area contributed by atoms with Crippen molar-refractivity contribution in [2.75, 3.05) is 31.5 Å². The van der Waals surface area contributed by atoms with E-state index in [9.17, 15) is 0 Å². The van der Waals surface area contributed by atoms with Crippen molar-refractivity contribution in [3.8, 4) is 0 Å². The lowest BCUT2D eigenvalue weighted by Crippen LogP contribution is -2.25. The first-order valence-electron chi connectivity index (χ1n) is 9.01. The van der Waals surface area contributed by atoms with Crippen molar-refractivity contribution in [3.63, 3.8) is 0 Å². The highest BCUT2D eigenvalue weighted by atomic mass is 35.5. The molecule has 0 aliphatic heterocycles. The second-order valence-electron chi connectivity index (χ2n) is 6.13. The largest absolute Gasteiger partial charge is 0.385 e. The van der Waals surface area contributed by atoms with Crippen molar-refractivity contribution >= 4 is 17.3 Å². The van der Waals surface area contributed by atoms with Crippen LogP contribution in [-0.4, -0.2) is 31.1 Å². The highest BCUT2D eigenvalue weighted by molar-refractivity contribution is 6.30. The fourth-order valence-corrected chi connectivity index (χ4v) is 2.93. The lowest BCUT2D eigenvalue weighted by atomic mass is 10.0. The molecule has 0 aromatic heterocycles. The van der Waals surface area contributed by atoms with Crippen LogP contribution < -0.4 is 5.32 Å². The second-order valence-corrected chi connectivity index (χ2v) is 6.57. The van der Waals surface area contributed by atoms with Crippen molar-refractivity contribution in [1.29, 1.82) is 0 Å². The highest BCUT2D eigenvalue weighted by Gasteiger charge is 2.00. The predicted molar refractivity (Wildman–Crippen MR) is 106 cm³/mol. The zero-order chi connectivity index (χ0) is 17.2. The molecule has 0 saturated heterocycles. The van der Waals surface area contributed by atoms with E-state index in [0.717, 1.165) is 37.5 Å². The number of aryl methyl sites for hydroxylation is 2. The van der Waals surface area contributed by atoms with Gasteiger partial charge in [0, 0.05) is 17.3 Å². The lowest BCUT2D eigenvalue weighted by Gasteiger charge is -2.18. The number of benzene rings is 2. The molecular weight excluding hydrogens is 316 g/mol. The van der Waals surface area contributed by atoms with Gasteiger partial charge in [-0.25, -0.2) is 0 Å². The van der Waals surface area contributed by atoms with Crippen LogP contribution in [0.3, 0.4) is 0 Å². The number of nitrogens with zero attached hydrogens (tertiary/aromatic N) is 1. The third-order valence-corrected chi connectivity index (χ3v) is 4.70. The lowest BCUT2D eigenvalue weighted by molar-refractivity contribution is 0.303. The average Bonchev–Trinajstić information content (AvgIpc) is 2.62. The van der Waals surface area contributed by atoms with E-state index in [1.807, 2.05) is 12.1 Å². The summed E-state index contributed by atoms with van der Waals surface area (Å²) < 4.78 is 0. The van der Waals surface area contributed by atoms with Crippen LogP contribution in [0.5, 0.6) is 0 Å². The number of anilines is 1. The van der Waals surface area contributed by atoms with Gasteiger partial charge in [0.1, 0.15) is 0 Å². The van der Waals surface area contributed by atoms with Gasteiger partial charge in [-0.2, -0.15) is 0 Å². The van der Waals surface area contributed by atoms with Gasteiger partial charge in [-0.3, -0.25) is 0 Å². The second kappa shape index (κ2) is 10.4. The minimum Gasteiger partial charge on any atom is -0.385 e. The molecule has 0 radical (unpaired) electrons. The van der Waals surface area contributed by atoms with Gasteiger partial charge in [0.2, 0.25) is 0 Å². The predicted octanol–water partition coefficient (Wildman–Crippen LogP) is 5.27. The van der Waals surface area contributed by atoms with Gasteiger partial charge in [-0.1, -0.05) is 49.7 Å². The summed E-state index contributed by atoms with van der Waals surface area (Å²) in [5.41, 5.74) is 3.92. The molecule has 2 aromatic carbocycles. The van der Waals surface area contributed by atoms with Gasteiger partial charge in [-0.15, -0.1) is 0 Å². The molecule has 3 heteroatoms. The summed E-state index contributed by atoms with van der Waals surface area (Å²) in [6.07, 6.45) is 3.29. The molecule has 2 rings (SSSR count). The summed E-state index contributed by atoms with van der Waals surface area (Å²) >= 11 is 5.92. The standard InChI is InChI=1S/C21H29ClN2/c1-3-24(4-2)17-5-16-23-21-14-10-19(11-15-21)7-6-18-8-12-20(22)13-9-18/h8-15,23H,3-7,16-17H2,1-2H3. The smallest absolute Gasteiger partial charge is 0.0406 e. The molecule has 0 bridgehead atoms. The van der Waals surface area contributed by atoms with Gasteiger partial charge in [0.15, 0.2) is 0 Å². The molecule has 2 aromatic rings. The Kier molecular flexibility index (Phi) is 8.14. The molecule has 1 N–H and O–H groups in total. The number of hydrogen-bond acceptors (Lipinski definition) is 2.